The molecule has 5 nitrogen and oxygen atoms in total. The molecule has 6 heteroatoms. The van der Waals surface area contributed by atoms with Crippen LogP contribution in [0.4, 0.5) is 0 Å². The van der Waals surface area contributed by atoms with E-state index in [0.717, 1.165) is 10.2 Å². The molecule has 22 heavy (non-hydrogen) atoms. The number of carboxylic acid groups (broad SMARTS) is 1. The summed E-state index contributed by atoms with van der Waals surface area (Å²) in [7, 11) is 0. The predicted octanol–water partition coefficient (Wildman–Crippen LogP) is 3.94. The first-order valence-electron chi connectivity index (χ1n) is 6.65. The van der Waals surface area contributed by atoms with Gasteiger partial charge in [-0.1, -0.05) is 23.5 Å². The highest BCUT2D eigenvalue weighted by Gasteiger charge is 2.12. The summed E-state index contributed by atoms with van der Waals surface area (Å²) in [4.78, 5) is 15.1. The smallest absolute Gasteiger partial charge is 0.344 e. The first-order valence-corrected chi connectivity index (χ1v) is 7.46. The lowest BCUT2D eigenvalue weighted by molar-refractivity contribution is -0.144. The largest absolute Gasteiger partial charge is 0.479 e. The molecular formula is C16H13NO4S. The second kappa shape index (κ2) is 6.03. The molecule has 112 valence electrons. The summed E-state index contributed by atoms with van der Waals surface area (Å²) in [5.74, 6) is 0.0933. The summed E-state index contributed by atoms with van der Waals surface area (Å²) in [6.07, 6.45) is -0.893. The summed E-state index contributed by atoms with van der Waals surface area (Å²) >= 11 is 1.47. The molecule has 1 unspecified atom stereocenters. The van der Waals surface area contributed by atoms with Gasteiger partial charge >= 0.3 is 5.97 Å². The van der Waals surface area contributed by atoms with E-state index >= 15 is 0 Å². The molecule has 3 aromatic rings. The van der Waals surface area contributed by atoms with Crippen molar-refractivity contribution in [2.24, 2.45) is 0 Å². The number of aromatic nitrogens is 1. The Bertz CT molecular complexity index is 764. The molecule has 0 aliphatic heterocycles. The molecule has 0 fully saturated rings. The fourth-order valence-electron chi connectivity index (χ4n) is 1.84. The van der Waals surface area contributed by atoms with Crippen LogP contribution in [-0.4, -0.2) is 22.2 Å². The van der Waals surface area contributed by atoms with Gasteiger partial charge in [0.1, 0.15) is 11.5 Å². The van der Waals surface area contributed by atoms with Crippen molar-refractivity contribution in [3.8, 4) is 16.7 Å². The number of fused-ring (bicyclic) bond motifs is 1. The highest BCUT2D eigenvalue weighted by atomic mass is 32.1. The molecule has 0 aliphatic carbocycles. The number of para-hydroxylation sites is 1. The molecule has 0 amide bonds. The van der Waals surface area contributed by atoms with Gasteiger partial charge < -0.3 is 14.6 Å². The molecule has 0 saturated carbocycles. The second-order valence-corrected chi connectivity index (χ2v) is 5.61. The zero-order valence-corrected chi connectivity index (χ0v) is 12.5. The van der Waals surface area contributed by atoms with Gasteiger partial charge in [-0.25, -0.2) is 9.78 Å². The minimum atomic E-state index is -1.00. The van der Waals surface area contributed by atoms with E-state index in [1.807, 2.05) is 24.3 Å². The predicted molar refractivity (Wildman–Crippen MR) is 83.9 cm³/mol. The van der Waals surface area contributed by atoms with Gasteiger partial charge in [0.05, 0.1) is 10.2 Å². The van der Waals surface area contributed by atoms with E-state index in [-0.39, 0.29) is 0 Å². The maximum atomic E-state index is 10.7. The first kappa shape index (κ1) is 14.3. The van der Waals surface area contributed by atoms with Crippen LogP contribution in [-0.2, 0) is 4.79 Å². The number of ether oxygens (including phenoxy) is 2. The fraction of sp³-hybridized carbons (Fsp3) is 0.125. The minimum absolute atomic E-state index is 0.478. The highest BCUT2D eigenvalue weighted by Crippen LogP contribution is 2.31. The standard InChI is InChI=1S/C16H13NO4S/c1-10(15(18)19)20-11-6-8-12(9-7-11)21-16-17-13-4-2-3-5-14(13)22-16/h2-10H,1H3,(H,18,19). The van der Waals surface area contributed by atoms with Crippen molar-refractivity contribution in [3.05, 3.63) is 48.5 Å². The zero-order valence-electron chi connectivity index (χ0n) is 11.7. The molecule has 0 spiro atoms. The average molecular weight is 315 g/mol. The van der Waals surface area contributed by atoms with Crippen LogP contribution in [0, 0.1) is 0 Å². The summed E-state index contributed by atoms with van der Waals surface area (Å²) in [6.45, 7) is 1.48. The topological polar surface area (TPSA) is 68.7 Å². The van der Waals surface area contributed by atoms with Gasteiger partial charge in [-0.3, -0.25) is 0 Å². The van der Waals surface area contributed by atoms with Gasteiger partial charge in [-0.15, -0.1) is 0 Å². The second-order valence-electron chi connectivity index (χ2n) is 4.62. The Morgan fingerprint density at radius 3 is 2.50 bits per heavy atom. The van der Waals surface area contributed by atoms with Gasteiger partial charge in [0.15, 0.2) is 6.10 Å². The van der Waals surface area contributed by atoms with Crippen LogP contribution in [0.1, 0.15) is 6.92 Å². The zero-order chi connectivity index (χ0) is 15.5. The molecule has 1 N–H and O–H groups in total. The fourth-order valence-corrected chi connectivity index (χ4v) is 2.67. The number of nitrogens with zero attached hydrogens (tertiary/aromatic N) is 1. The molecule has 0 bridgehead atoms. The molecule has 0 aliphatic rings. The third-order valence-corrected chi connectivity index (χ3v) is 3.88. The Balaban J connectivity index is 1.71. The van der Waals surface area contributed by atoms with Gasteiger partial charge in [0.2, 0.25) is 0 Å². The average Bonchev–Trinajstić information content (AvgIpc) is 2.91. The van der Waals surface area contributed by atoms with Gasteiger partial charge in [0.25, 0.3) is 5.19 Å². The lowest BCUT2D eigenvalue weighted by Gasteiger charge is -2.10. The maximum Gasteiger partial charge on any atom is 0.344 e. The Kier molecular flexibility index (Phi) is 3.93. The number of thiazole rings is 1. The lowest BCUT2D eigenvalue weighted by Crippen LogP contribution is -2.22. The molecule has 3 rings (SSSR count). The van der Waals surface area contributed by atoms with Crippen LogP contribution >= 0.6 is 11.3 Å². The van der Waals surface area contributed by atoms with Gasteiger partial charge in [0, 0.05) is 0 Å². The molecule has 2 aromatic carbocycles. The summed E-state index contributed by atoms with van der Waals surface area (Å²) in [5.41, 5.74) is 0.901. The lowest BCUT2D eigenvalue weighted by atomic mass is 10.3. The van der Waals surface area contributed by atoms with Crippen LogP contribution in [0.15, 0.2) is 48.5 Å². The molecule has 0 saturated heterocycles. The molecule has 1 heterocycles. The molecule has 0 radical (unpaired) electrons. The van der Waals surface area contributed by atoms with E-state index < -0.39 is 12.1 Å². The van der Waals surface area contributed by atoms with E-state index in [2.05, 4.69) is 4.98 Å². The number of rotatable bonds is 5. The summed E-state index contributed by atoms with van der Waals surface area (Å²) in [6, 6.07) is 14.6. The van der Waals surface area contributed by atoms with Crippen molar-refractivity contribution >= 4 is 27.5 Å². The monoisotopic (exact) mass is 315 g/mol. The number of aliphatic carboxylic acids is 1. The number of carboxylic acids is 1. The molecule has 1 aromatic heterocycles. The van der Waals surface area contributed by atoms with Crippen LogP contribution in [0.2, 0.25) is 0 Å². The van der Waals surface area contributed by atoms with Crippen LogP contribution < -0.4 is 9.47 Å². The third kappa shape index (κ3) is 3.17. The molecule has 1 atom stereocenters. The minimum Gasteiger partial charge on any atom is -0.479 e. The summed E-state index contributed by atoms with van der Waals surface area (Å²) < 4.78 is 12.0. The van der Waals surface area contributed by atoms with E-state index in [9.17, 15) is 4.79 Å². The maximum absolute atomic E-state index is 10.7. The van der Waals surface area contributed by atoms with Crippen molar-refractivity contribution < 1.29 is 19.4 Å². The van der Waals surface area contributed by atoms with E-state index in [4.69, 9.17) is 14.6 Å². The Morgan fingerprint density at radius 2 is 1.82 bits per heavy atom. The first-order chi connectivity index (χ1) is 10.6. The number of carbonyl (C=O) groups is 1. The van der Waals surface area contributed by atoms with E-state index in [0.29, 0.717) is 16.7 Å². The van der Waals surface area contributed by atoms with Crippen molar-refractivity contribution in [3.63, 3.8) is 0 Å². The Labute approximate surface area is 130 Å². The Morgan fingerprint density at radius 1 is 1.14 bits per heavy atom. The van der Waals surface area contributed by atoms with Crippen molar-refractivity contribution in [2.45, 2.75) is 13.0 Å². The van der Waals surface area contributed by atoms with Crippen molar-refractivity contribution in [1.82, 2.24) is 4.98 Å². The number of hydrogen-bond acceptors (Lipinski definition) is 5. The molecular weight excluding hydrogens is 302 g/mol. The Hall–Kier alpha value is -2.60. The van der Waals surface area contributed by atoms with Gasteiger partial charge in [-0.2, -0.15) is 0 Å². The van der Waals surface area contributed by atoms with E-state index in [1.54, 1.807) is 24.3 Å². The van der Waals surface area contributed by atoms with E-state index in [1.165, 1.54) is 18.3 Å². The van der Waals surface area contributed by atoms with Crippen LogP contribution in [0.5, 0.6) is 16.7 Å². The van der Waals surface area contributed by atoms with Gasteiger partial charge in [-0.05, 0) is 43.3 Å². The number of hydrogen-bond donors (Lipinski definition) is 1. The number of benzene rings is 2. The van der Waals surface area contributed by atoms with Crippen LogP contribution in [0.3, 0.4) is 0 Å². The highest BCUT2D eigenvalue weighted by molar-refractivity contribution is 7.20. The third-order valence-electron chi connectivity index (χ3n) is 2.96. The van der Waals surface area contributed by atoms with Crippen molar-refractivity contribution in [1.29, 1.82) is 0 Å². The normalized spacial score (nSPS) is 12.0. The summed E-state index contributed by atoms with van der Waals surface area (Å²) in [5, 5.41) is 9.37. The van der Waals surface area contributed by atoms with Crippen molar-refractivity contribution in [2.75, 3.05) is 0 Å². The quantitative estimate of drug-likeness (QED) is 0.772. The van der Waals surface area contributed by atoms with Crippen LogP contribution in [0.25, 0.3) is 10.2 Å². The SMILES string of the molecule is CC(Oc1ccc(Oc2nc3ccccc3s2)cc1)C(=O)O.